The summed E-state index contributed by atoms with van der Waals surface area (Å²) in [5.41, 5.74) is 10.5. The molecule has 2 N–H and O–H groups in total. The third-order valence-electron chi connectivity index (χ3n) is 3.31. The number of methoxy groups -OCH3 is 1. The topological polar surface area (TPSA) is 38.5 Å². The van der Waals surface area contributed by atoms with Gasteiger partial charge in [0.2, 0.25) is 0 Å². The first kappa shape index (κ1) is 13.8. The van der Waals surface area contributed by atoms with E-state index in [-0.39, 0.29) is 0 Å². The number of ether oxygens (including phenoxy) is 1. The second-order valence-electron chi connectivity index (χ2n) is 4.56. The molecular weight excluding hydrogens is 212 g/mol. The molecule has 17 heavy (non-hydrogen) atoms. The smallest absolute Gasteiger partial charge is 0.125 e. The third kappa shape index (κ3) is 2.91. The lowest BCUT2D eigenvalue weighted by Gasteiger charge is -2.24. The maximum Gasteiger partial charge on any atom is 0.125 e. The Hall–Kier alpha value is -1.22. The van der Waals surface area contributed by atoms with E-state index < -0.39 is 0 Å². The quantitative estimate of drug-likeness (QED) is 0.853. The molecule has 1 aromatic carbocycles. The average Bonchev–Trinajstić information content (AvgIpc) is 2.31. The van der Waals surface area contributed by atoms with Gasteiger partial charge >= 0.3 is 0 Å². The lowest BCUT2D eigenvalue weighted by molar-refractivity contribution is 0.408. The average molecular weight is 236 g/mol. The van der Waals surface area contributed by atoms with Gasteiger partial charge in [-0.05, 0) is 56.5 Å². The number of nitrogens with two attached hydrogens (primary N) is 1. The van der Waals surface area contributed by atoms with Crippen molar-refractivity contribution in [3.63, 3.8) is 0 Å². The van der Waals surface area contributed by atoms with Gasteiger partial charge in [0.25, 0.3) is 0 Å². The van der Waals surface area contributed by atoms with Crippen LogP contribution in [0.1, 0.15) is 23.1 Å². The predicted octanol–water partition coefficient (Wildman–Crippen LogP) is 2.41. The second-order valence-corrected chi connectivity index (χ2v) is 4.56. The van der Waals surface area contributed by atoms with E-state index in [2.05, 4.69) is 38.8 Å². The number of hydrogen-bond acceptors (Lipinski definition) is 3. The standard InChI is InChI=1S/C14H24N2O/c1-10-9-13(16(4)8-6-7-15)11(2)12(3)14(10)17-5/h9H,6-8,15H2,1-5H3. The van der Waals surface area contributed by atoms with Crippen LogP contribution in [0.4, 0.5) is 5.69 Å². The highest BCUT2D eigenvalue weighted by atomic mass is 16.5. The summed E-state index contributed by atoms with van der Waals surface area (Å²) in [6.45, 7) is 8.07. The van der Waals surface area contributed by atoms with Gasteiger partial charge in [-0.2, -0.15) is 0 Å². The van der Waals surface area contributed by atoms with Crippen LogP contribution in [0, 0.1) is 20.8 Å². The number of benzene rings is 1. The van der Waals surface area contributed by atoms with E-state index in [9.17, 15) is 0 Å². The Morgan fingerprint density at radius 2 is 1.88 bits per heavy atom. The van der Waals surface area contributed by atoms with Gasteiger partial charge in [0.1, 0.15) is 5.75 Å². The predicted molar refractivity (Wildman–Crippen MR) is 74.1 cm³/mol. The molecule has 0 fully saturated rings. The Bertz CT molecular complexity index is 388. The molecule has 0 aromatic heterocycles. The summed E-state index contributed by atoms with van der Waals surface area (Å²) >= 11 is 0. The van der Waals surface area contributed by atoms with E-state index in [1.54, 1.807) is 7.11 Å². The number of rotatable bonds is 5. The highest BCUT2D eigenvalue weighted by Crippen LogP contribution is 2.32. The van der Waals surface area contributed by atoms with Crippen molar-refractivity contribution in [3.8, 4) is 5.75 Å². The number of aryl methyl sites for hydroxylation is 1. The van der Waals surface area contributed by atoms with Gasteiger partial charge in [0.15, 0.2) is 0 Å². The molecule has 3 nitrogen and oxygen atoms in total. The van der Waals surface area contributed by atoms with Crippen LogP contribution < -0.4 is 15.4 Å². The van der Waals surface area contributed by atoms with Crippen molar-refractivity contribution >= 4 is 5.69 Å². The van der Waals surface area contributed by atoms with Crippen molar-refractivity contribution in [1.29, 1.82) is 0 Å². The molecule has 3 heteroatoms. The zero-order valence-corrected chi connectivity index (χ0v) is 11.6. The number of hydrogen-bond donors (Lipinski definition) is 1. The highest BCUT2D eigenvalue weighted by Gasteiger charge is 2.12. The molecular formula is C14H24N2O. The van der Waals surface area contributed by atoms with Crippen molar-refractivity contribution in [2.24, 2.45) is 5.73 Å². The van der Waals surface area contributed by atoms with E-state index in [1.807, 2.05) is 0 Å². The van der Waals surface area contributed by atoms with E-state index in [1.165, 1.54) is 22.4 Å². The lowest BCUT2D eigenvalue weighted by atomic mass is 10.0. The van der Waals surface area contributed by atoms with E-state index in [0.717, 1.165) is 25.3 Å². The summed E-state index contributed by atoms with van der Waals surface area (Å²) in [4.78, 5) is 2.27. The first-order valence-corrected chi connectivity index (χ1v) is 6.09. The monoisotopic (exact) mass is 236 g/mol. The first-order valence-electron chi connectivity index (χ1n) is 6.09. The lowest BCUT2D eigenvalue weighted by Crippen LogP contribution is -2.22. The maximum atomic E-state index is 5.55. The molecule has 0 saturated carbocycles. The molecule has 0 aliphatic heterocycles. The van der Waals surface area contributed by atoms with Crippen molar-refractivity contribution in [2.45, 2.75) is 27.2 Å². The van der Waals surface area contributed by atoms with Gasteiger partial charge in [-0.15, -0.1) is 0 Å². The number of anilines is 1. The molecule has 96 valence electrons. The van der Waals surface area contributed by atoms with Crippen LogP contribution in [0.25, 0.3) is 0 Å². The zero-order chi connectivity index (χ0) is 13.0. The molecule has 0 aliphatic rings. The summed E-state index contributed by atoms with van der Waals surface area (Å²) < 4.78 is 5.43. The summed E-state index contributed by atoms with van der Waals surface area (Å²) in [7, 11) is 3.84. The van der Waals surface area contributed by atoms with E-state index in [4.69, 9.17) is 10.5 Å². The molecule has 0 aliphatic carbocycles. The summed E-state index contributed by atoms with van der Waals surface area (Å²) in [6.07, 6.45) is 1.01. The van der Waals surface area contributed by atoms with Crippen molar-refractivity contribution in [3.05, 3.63) is 22.8 Å². The molecule has 0 spiro atoms. The maximum absolute atomic E-state index is 5.55. The van der Waals surface area contributed by atoms with Gasteiger partial charge < -0.3 is 15.4 Å². The van der Waals surface area contributed by atoms with Gasteiger partial charge in [0.05, 0.1) is 7.11 Å². The second kappa shape index (κ2) is 5.92. The SMILES string of the molecule is COc1c(C)cc(N(C)CCCN)c(C)c1C. The Morgan fingerprint density at radius 1 is 1.24 bits per heavy atom. The van der Waals surface area contributed by atoms with E-state index in [0.29, 0.717) is 0 Å². The molecule has 0 amide bonds. The fourth-order valence-corrected chi connectivity index (χ4v) is 2.20. The van der Waals surface area contributed by atoms with Gasteiger partial charge in [-0.25, -0.2) is 0 Å². The van der Waals surface area contributed by atoms with Crippen molar-refractivity contribution < 1.29 is 4.74 Å². The highest BCUT2D eigenvalue weighted by molar-refractivity contribution is 5.62. The Balaban J connectivity index is 3.09. The zero-order valence-electron chi connectivity index (χ0n) is 11.6. The fourth-order valence-electron chi connectivity index (χ4n) is 2.20. The molecule has 0 heterocycles. The minimum atomic E-state index is 0.734. The molecule has 1 rings (SSSR count). The van der Waals surface area contributed by atoms with Crippen molar-refractivity contribution in [1.82, 2.24) is 0 Å². The molecule has 0 atom stereocenters. The Morgan fingerprint density at radius 3 is 2.41 bits per heavy atom. The third-order valence-corrected chi connectivity index (χ3v) is 3.31. The minimum absolute atomic E-state index is 0.734. The van der Waals surface area contributed by atoms with Crippen molar-refractivity contribution in [2.75, 3.05) is 32.1 Å². The first-order chi connectivity index (χ1) is 8.02. The summed E-state index contributed by atoms with van der Waals surface area (Å²) in [5.74, 6) is 0.999. The Kier molecular flexibility index (Phi) is 4.82. The normalized spacial score (nSPS) is 10.5. The van der Waals surface area contributed by atoms with Crippen LogP contribution in [0.2, 0.25) is 0 Å². The van der Waals surface area contributed by atoms with Crippen LogP contribution in [-0.4, -0.2) is 27.2 Å². The van der Waals surface area contributed by atoms with Crippen LogP contribution in [-0.2, 0) is 0 Å². The summed E-state index contributed by atoms with van der Waals surface area (Å²) in [6, 6.07) is 2.19. The molecule has 0 saturated heterocycles. The molecule has 1 aromatic rings. The van der Waals surface area contributed by atoms with Crippen LogP contribution >= 0.6 is 0 Å². The van der Waals surface area contributed by atoms with E-state index >= 15 is 0 Å². The Labute approximate surface area is 105 Å². The van der Waals surface area contributed by atoms with Gasteiger partial charge in [-0.1, -0.05) is 0 Å². The molecule has 0 bridgehead atoms. The largest absolute Gasteiger partial charge is 0.496 e. The van der Waals surface area contributed by atoms with Gasteiger partial charge in [-0.3, -0.25) is 0 Å². The molecule has 0 radical (unpaired) electrons. The van der Waals surface area contributed by atoms with Crippen LogP contribution in [0.3, 0.4) is 0 Å². The number of nitrogens with zero attached hydrogens (tertiary/aromatic N) is 1. The van der Waals surface area contributed by atoms with Gasteiger partial charge in [0, 0.05) is 19.3 Å². The fraction of sp³-hybridized carbons (Fsp3) is 0.571. The summed E-state index contributed by atoms with van der Waals surface area (Å²) in [5, 5.41) is 0. The minimum Gasteiger partial charge on any atom is -0.496 e. The molecule has 0 unspecified atom stereocenters. The van der Waals surface area contributed by atoms with Crippen LogP contribution in [0.15, 0.2) is 6.07 Å². The van der Waals surface area contributed by atoms with Crippen LogP contribution in [0.5, 0.6) is 5.75 Å².